The van der Waals surface area contributed by atoms with E-state index < -0.39 is 0 Å². The first kappa shape index (κ1) is 25.3. The van der Waals surface area contributed by atoms with Gasteiger partial charge in [-0.05, 0) is 79.2 Å². The number of imidazole rings is 1. The van der Waals surface area contributed by atoms with Crippen LogP contribution in [0.2, 0.25) is 0 Å². The van der Waals surface area contributed by atoms with E-state index in [0.29, 0.717) is 0 Å². The Morgan fingerprint density at radius 2 is 0.930 bits per heavy atom. The van der Waals surface area contributed by atoms with E-state index in [1.807, 2.05) is 0 Å². The summed E-state index contributed by atoms with van der Waals surface area (Å²) in [6, 6.07) is 54.6. The minimum absolute atomic E-state index is 0.864. The predicted octanol–water partition coefficient (Wildman–Crippen LogP) is 10.9. The van der Waals surface area contributed by atoms with Crippen LogP contribution in [0.5, 0.6) is 0 Å². The lowest BCUT2D eigenvalue weighted by Gasteiger charge is -2.18. The fourth-order valence-corrected chi connectivity index (χ4v) is 6.60. The molecule has 1 aromatic heterocycles. The Balaban J connectivity index is 1.35. The summed E-state index contributed by atoms with van der Waals surface area (Å²) >= 11 is 0. The molecular weight excluding hydrogens is 520 g/mol. The largest absolute Gasteiger partial charge is 0.296 e. The summed E-state index contributed by atoms with van der Waals surface area (Å²) in [5.74, 6) is 1.07. The van der Waals surface area contributed by atoms with Crippen LogP contribution in [0, 0.1) is 0 Å². The molecule has 0 aliphatic rings. The van der Waals surface area contributed by atoms with E-state index >= 15 is 0 Å². The molecule has 0 spiro atoms. The molecule has 0 saturated carbocycles. The molecule has 2 nitrogen and oxygen atoms in total. The molecule has 43 heavy (non-hydrogen) atoms. The number of hydrogen-bond donors (Lipinski definition) is 0. The molecule has 0 unspecified atom stereocenters. The van der Waals surface area contributed by atoms with Gasteiger partial charge in [0.25, 0.3) is 0 Å². The second-order valence-corrected chi connectivity index (χ2v) is 11.0. The predicted molar refractivity (Wildman–Crippen MR) is 182 cm³/mol. The molecule has 8 rings (SSSR count). The third-order valence-corrected chi connectivity index (χ3v) is 8.56. The van der Waals surface area contributed by atoms with Gasteiger partial charge in [0.05, 0.1) is 11.0 Å². The molecule has 0 bridgehead atoms. The Kier molecular flexibility index (Phi) is 6.12. The zero-order valence-corrected chi connectivity index (χ0v) is 24.0. The molecule has 0 atom stereocenters. The summed E-state index contributed by atoms with van der Waals surface area (Å²) in [7, 11) is 0. The highest BCUT2D eigenvalue weighted by Gasteiger charge is 2.18. The monoisotopic (exact) mass is 550 g/mol. The van der Waals surface area contributed by atoms with Crippen LogP contribution in [-0.4, -0.2) is 9.55 Å². The summed E-state index contributed by atoms with van der Waals surface area (Å²) < 4.78 is 2.29. The maximum Gasteiger partial charge on any atom is 0.114 e. The standard InChI is InChI=1S/C41H30N2/c1-2-39-42-37-27-31(25-26-38(37)43(39)32-15-7-4-8-16-32)41-35-19-11-9-17-33(35)40(34-18-10-12-20-36(34)41)30-23-21-29(22-24-30)28-13-5-3-6-14-28/h3-27H,2H2,1H3. The van der Waals surface area contributed by atoms with Crippen LogP contribution in [0.4, 0.5) is 0 Å². The van der Waals surface area contributed by atoms with Crippen molar-refractivity contribution in [2.45, 2.75) is 13.3 Å². The van der Waals surface area contributed by atoms with Crippen molar-refractivity contribution in [3.8, 4) is 39.1 Å². The molecule has 8 aromatic rings. The zero-order valence-electron chi connectivity index (χ0n) is 24.0. The molecule has 0 N–H and O–H groups in total. The number of aromatic nitrogens is 2. The van der Waals surface area contributed by atoms with Crippen molar-refractivity contribution in [2.75, 3.05) is 0 Å². The van der Waals surface area contributed by atoms with E-state index in [1.165, 1.54) is 54.9 Å². The number of para-hydroxylation sites is 1. The fourth-order valence-electron chi connectivity index (χ4n) is 6.60. The van der Waals surface area contributed by atoms with Gasteiger partial charge in [-0.2, -0.15) is 0 Å². The molecule has 2 heteroatoms. The van der Waals surface area contributed by atoms with E-state index in [-0.39, 0.29) is 0 Å². The summed E-state index contributed by atoms with van der Waals surface area (Å²) in [6.07, 6.45) is 0.864. The van der Waals surface area contributed by atoms with Crippen molar-refractivity contribution in [1.29, 1.82) is 0 Å². The maximum absolute atomic E-state index is 5.12. The number of aryl methyl sites for hydroxylation is 1. The van der Waals surface area contributed by atoms with Gasteiger partial charge in [-0.1, -0.05) is 134 Å². The molecule has 0 aliphatic heterocycles. The average Bonchev–Trinajstić information content (AvgIpc) is 3.46. The highest BCUT2D eigenvalue weighted by atomic mass is 15.1. The first-order valence-electron chi connectivity index (χ1n) is 15.0. The van der Waals surface area contributed by atoms with Crippen molar-refractivity contribution >= 4 is 32.6 Å². The zero-order chi connectivity index (χ0) is 28.8. The van der Waals surface area contributed by atoms with Crippen LogP contribution in [0.1, 0.15) is 12.7 Å². The van der Waals surface area contributed by atoms with Crippen molar-refractivity contribution in [1.82, 2.24) is 9.55 Å². The Hall–Kier alpha value is -5.47. The van der Waals surface area contributed by atoms with Gasteiger partial charge in [-0.25, -0.2) is 4.98 Å². The first-order valence-corrected chi connectivity index (χ1v) is 15.0. The molecule has 1 heterocycles. The van der Waals surface area contributed by atoms with Crippen LogP contribution in [0.15, 0.2) is 152 Å². The molecule has 0 fully saturated rings. The quantitative estimate of drug-likeness (QED) is 0.195. The van der Waals surface area contributed by atoms with Crippen LogP contribution in [0.25, 0.3) is 71.6 Å². The number of fused-ring (bicyclic) bond motifs is 3. The van der Waals surface area contributed by atoms with Crippen LogP contribution in [-0.2, 0) is 6.42 Å². The third-order valence-electron chi connectivity index (χ3n) is 8.56. The lowest BCUT2D eigenvalue weighted by Crippen LogP contribution is -1.99. The SMILES string of the molecule is CCc1nc2cc(-c3c4ccccc4c(-c4ccc(-c5ccccc5)cc4)c4ccccc34)ccc2n1-c1ccccc1. The van der Waals surface area contributed by atoms with Crippen molar-refractivity contribution < 1.29 is 0 Å². The van der Waals surface area contributed by atoms with E-state index in [0.717, 1.165) is 29.0 Å². The van der Waals surface area contributed by atoms with Crippen LogP contribution in [0.3, 0.4) is 0 Å². The van der Waals surface area contributed by atoms with E-state index in [1.54, 1.807) is 0 Å². The summed E-state index contributed by atoms with van der Waals surface area (Å²) in [5.41, 5.74) is 10.7. The van der Waals surface area contributed by atoms with E-state index in [9.17, 15) is 0 Å². The summed E-state index contributed by atoms with van der Waals surface area (Å²) in [6.45, 7) is 2.17. The molecular formula is C41H30N2. The Labute approximate surface area is 251 Å². The average molecular weight is 551 g/mol. The fraction of sp³-hybridized carbons (Fsp3) is 0.0488. The highest BCUT2D eigenvalue weighted by Crippen LogP contribution is 2.44. The molecule has 7 aromatic carbocycles. The van der Waals surface area contributed by atoms with E-state index in [2.05, 4.69) is 163 Å². The van der Waals surface area contributed by atoms with Crippen molar-refractivity contribution in [3.05, 3.63) is 157 Å². The van der Waals surface area contributed by atoms with E-state index in [4.69, 9.17) is 4.98 Å². The van der Waals surface area contributed by atoms with Gasteiger partial charge < -0.3 is 0 Å². The normalized spacial score (nSPS) is 11.5. The van der Waals surface area contributed by atoms with Crippen LogP contribution >= 0.6 is 0 Å². The minimum Gasteiger partial charge on any atom is -0.296 e. The molecule has 204 valence electrons. The summed E-state index contributed by atoms with van der Waals surface area (Å²) in [5, 5.41) is 5.02. The van der Waals surface area contributed by atoms with Crippen molar-refractivity contribution in [2.24, 2.45) is 0 Å². The first-order chi connectivity index (χ1) is 21.3. The lowest BCUT2D eigenvalue weighted by atomic mass is 9.85. The van der Waals surface area contributed by atoms with Crippen LogP contribution < -0.4 is 0 Å². The Bertz CT molecular complexity index is 2190. The number of hydrogen-bond acceptors (Lipinski definition) is 1. The second-order valence-electron chi connectivity index (χ2n) is 11.0. The lowest BCUT2D eigenvalue weighted by molar-refractivity contribution is 0.908. The Morgan fingerprint density at radius 3 is 1.51 bits per heavy atom. The van der Waals surface area contributed by atoms with Gasteiger partial charge in [-0.3, -0.25) is 4.57 Å². The molecule has 0 aliphatic carbocycles. The molecule has 0 amide bonds. The topological polar surface area (TPSA) is 17.8 Å². The maximum atomic E-state index is 5.12. The van der Waals surface area contributed by atoms with Crippen molar-refractivity contribution in [3.63, 3.8) is 0 Å². The van der Waals surface area contributed by atoms with Gasteiger partial charge in [0.15, 0.2) is 0 Å². The number of nitrogens with zero attached hydrogens (tertiary/aromatic N) is 2. The van der Waals surface area contributed by atoms with Gasteiger partial charge in [0.2, 0.25) is 0 Å². The smallest absolute Gasteiger partial charge is 0.114 e. The highest BCUT2D eigenvalue weighted by molar-refractivity contribution is 6.21. The molecule has 0 saturated heterocycles. The number of benzene rings is 7. The van der Waals surface area contributed by atoms with Gasteiger partial charge in [0.1, 0.15) is 5.82 Å². The summed E-state index contributed by atoms with van der Waals surface area (Å²) in [4.78, 5) is 5.12. The third kappa shape index (κ3) is 4.23. The minimum atomic E-state index is 0.864. The van der Waals surface area contributed by atoms with Gasteiger partial charge in [-0.15, -0.1) is 0 Å². The second kappa shape index (κ2) is 10.4. The van der Waals surface area contributed by atoms with Gasteiger partial charge >= 0.3 is 0 Å². The van der Waals surface area contributed by atoms with Gasteiger partial charge in [0, 0.05) is 12.1 Å². The molecule has 0 radical (unpaired) electrons. The Morgan fingerprint density at radius 1 is 0.465 bits per heavy atom. The number of rotatable bonds is 5.